The SMILES string of the molecule is CN(C)C1=NC1(C(F)(F)F)C(F)(F)F. The van der Waals surface area contributed by atoms with Gasteiger partial charge in [0.1, 0.15) is 5.84 Å². The summed E-state index contributed by atoms with van der Waals surface area (Å²) in [7, 11) is 2.16. The van der Waals surface area contributed by atoms with Crippen LogP contribution in [0.4, 0.5) is 26.3 Å². The van der Waals surface area contributed by atoms with E-state index in [2.05, 4.69) is 4.99 Å². The molecular formula is C6H6F6N2. The van der Waals surface area contributed by atoms with E-state index in [1.54, 1.807) is 0 Å². The van der Waals surface area contributed by atoms with Crippen molar-refractivity contribution in [1.82, 2.24) is 4.90 Å². The van der Waals surface area contributed by atoms with Crippen molar-refractivity contribution in [2.75, 3.05) is 14.1 Å². The Hall–Kier alpha value is -0.950. The van der Waals surface area contributed by atoms with Gasteiger partial charge in [-0.3, -0.25) is 0 Å². The summed E-state index contributed by atoms with van der Waals surface area (Å²) in [6.45, 7) is 0. The molecule has 0 saturated carbocycles. The first-order valence-corrected chi connectivity index (χ1v) is 3.45. The predicted molar refractivity (Wildman–Crippen MR) is 36.0 cm³/mol. The van der Waals surface area contributed by atoms with Gasteiger partial charge in [-0.05, 0) is 0 Å². The van der Waals surface area contributed by atoms with Crippen LogP contribution in [0.15, 0.2) is 4.99 Å². The molecule has 0 spiro atoms. The zero-order valence-electron chi connectivity index (χ0n) is 7.16. The number of alkyl halides is 6. The molecule has 0 bridgehead atoms. The summed E-state index contributed by atoms with van der Waals surface area (Å²) in [5, 5.41) is 0. The third kappa shape index (κ3) is 1.24. The van der Waals surface area contributed by atoms with Crippen molar-refractivity contribution in [1.29, 1.82) is 0 Å². The topological polar surface area (TPSA) is 15.6 Å². The van der Waals surface area contributed by atoms with Crippen molar-refractivity contribution in [3.63, 3.8) is 0 Å². The summed E-state index contributed by atoms with van der Waals surface area (Å²) in [6.07, 6.45) is -10.9. The maximum absolute atomic E-state index is 12.1. The van der Waals surface area contributed by atoms with E-state index in [4.69, 9.17) is 0 Å². The molecule has 8 heteroatoms. The van der Waals surface area contributed by atoms with Crippen molar-refractivity contribution in [3.8, 4) is 0 Å². The maximum atomic E-state index is 12.1. The van der Waals surface area contributed by atoms with Gasteiger partial charge < -0.3 is 4.90 Å². The van der Waals surface area contributed by atoms with E-state index < -0.39 is 23.7 Å². The highest BCUT2D eigenvalue weighted by molar-refractivity contribution is 6.05. The van der Waals surface area contributed by atoms with Crippen LogP contribution in [0, 0.1) is 0 Å². The van der Waals surface area contributed by atoms with Gasteiger partial charge in [-0.25, -0.2) is 4.99 Å². The normalized spacial score (nSPS) is 20.4. The van der Waals surface area contributed by atoms with E-state index in [0.29, 0.717) is 4.90 Å². The number of nitrogens with zero attached hydrogens (tertiary/aromatic N) is 2. The summed E-state index contributed by atoms with van der Waals surface area (Å²) >= 11 is 0. The van der Waals surface area contributed by atoms with E-state index in [0.717, 1.165) is 14.1 Å². The fraction of sp³-hybridized carbons (Fsp3) is 0.833. The van der Waals surface area contributed by atoms with Crippen LogP contribution < -0.4 is 0 Å². The molecule has 0 aromatic carbocycles. The molecule has 1 heterocycles. The molecule has 0 unspecified atom stereocenters. The van der Waals surface area contributed by atoms with E-state index in [-0.39, 0.29) is 0 Å². The molecule has 0 radical (unpaired) electrons. The standard InChI is InChI=1S/C6H6F6N2/c1-14(2)3-4(13-3,5(7,8)9)6(10,11)12/h1-2H3. The highest BCUT2D eigenvalue weighted by Gasteiger charge is 2.82. The molecule has 82 valence electrons. The van der Waals surface area contributed by atoms with Crippen molar-refractivity contribution in [2.45, 2.75) is 17.9 Å². The molecule has 14 heavy (non-hydrogen) atoms. The quantitative estimate of drug-likeness (QED) is 0.568. The lowest BCUT2D eigenvalue weighted by atomic mass is 10.1. The van der Waals surface area contributed by atoms with Crippen LogP contribution >= 0.6 is 0 Å². The van der Waals surface area contributed by atoms with Gasteiger partial charge in [-0.1, -0.05) is 0 Å². The average Bonchev–Trinajstić information content (AvgIpc) is 2.54. The van der Waals surface area contributed by atoms with Crippen LogP contribution in [-0.4, -0.2) is 42.7 Å². The van der Waals surface area contributed by atoms with Gasteiger partial charge >= 0.3 is 17.9 Å². The number of hydrogen-bond acceptors (Lipinski definition) is 2. The first kappa shape index (κ1) is 11.1. The minimum Gasteiger partial charge on any atom is -0.364 e. The summed E-state index contributed by atoms with van der Waals surface area (Å²) in [5.74, 6) is -1.00. The highest BCUT2D eigenvalue weighted by atomic mass is 19.4. The highest BCUT2D eigenvalue weighted by Crippen LogP contribution is 2.54. The number of aliphatic imine (C=N–C) groups is 1. The van der Waals surface area contributed by atoms with Gasteiger partial charge in [-0.2, -0.15) is 26.3 Å². The van der Waals surface area contributed by atoms with Gasteiger partial charge in [0, 0.05) is 14.1 Å². The molecule has 1 rings (SSSR count). The summed E-state index contributed by atoms with van der Waals surface area (Å²) in [4.78, 5) is 3.23. The molecule has 1 aliphatic rings. The number of hydrogen-bond donors (Lipinski definition) is 0. The lowest BCUT2D eigenvalue weighted by Crippen LogP contribution is -2.52. The third-order valence-corrected chi connectivity index (χ3v) is 1.79. The van der Waals surface area contributed by atoms with Gasteiger partial charge in [-0.15, -0.1) is 0 Å². The zero-order chi connectivity index (χ0) is 11.4. The van der Waals surface area contributed by atoms with Gasteiger partial charge in [0.2, 0.25) is 0 Å². The predicted octanol–water partition coefficient (Wildman–Crippen LogP) is 1.82. The Bertz CT molecular complexity index is 259. The third-order valence-electron chi connectivity index (χ3n) is 1.79. The molecule has 0 N–H and O–H groups in total. The molecular weight excluding hydrogens is 214 g/mol. The van der Waals surface area contributed by atoms with Crippen molar-refractivity contribution in [2.24, 2.45) is 4.99 Å². The zero-order valence-corrected chi connectivity index (χ0v) is 7.16. The summed E-state index contributed by atoms with van der Waals surface area (Å²) < 4.78 is 72.8. The van der Waals surface area contributed by atoms with Crippen molar-refractivity contribution < 1.29 is 26.3 Å². The largest absolute Gasteiger partial charge is 0.430 e. The van der Waals surface area contributed by atoms with E-state index in [1.807, 2.05) is 0 Å². The van der Waals surface area contributed by atoms with Crippen LogP contribution in [0.5, 0.6) is 0 Å². The number of rotatable bonds is 0. The molecule has 0 saturated heterocycles. The molecule has 0 fully saturated rings. The van der Waals surface area contributed by atoms with E-state index >= 15 is 0 Å². The molecule has 0 aromatic heterocycles. The second-order valence-corrected chi connectivity index (χ2v) is 3.04. The van der Waals surface area contributed by atoms with Gasteiger partial charge in [0.05, 0.1) is 0 Å². The second kappa shape index (κ2) is 2.54. The second-order valence-electron chi connectivity index (χ2n) is 3.04. The Morgan fingerprint density at radius 1 is 1.00 bits per heavy atom. The Morgan fingerprint density at radius 2 is 1.36 bits per heavy atom. The minimum atomic E-state index is -5.43. The molecule has 1 aliphatic heterocycles. The fourth-order valence-electron chi connectivity index (χ4n) is 1.10. The first-order chi connectivity index (χ1) is 6.04. The van der Waals surface area contributed by atoms with Crippen LogP contribution in [0.2, 0.25) is 0 Å². The molecule has 0 aromatic rings. The summed E-state index contributed by atoms with van der Waals surface area (Å²) in [6, 6.07) is 0. The molecule has 0 atom stereocenters. The molecule has 0 amide bonds. The van der Waals surface area contributed by atoms with E-state index in [9.17, 15) is 26.3 Å². The van der Waals surface area contributed by atoms with Gasteiger partial charge in [0.15, 0.2) is 0 Å². The van der Waals surface area contributed by atoms with Gasteiger partial charge in [0.25, 0.3) is 0 Å². The lowest BCUT2D eigenvalue weighted by molar-refractivity contribution is -0.259. The average molecular weight is 220 g/mol. The van der Waals surface area contributed by atoms with Crippen LogP contribution in [0.3, 0.4) is 0 Å². The molecule has 0 aliphatic carbocycles. The van der Waals surface area contributed by atoms with Crippen LogP contribution in [-0.2, 0) is 0 Å². The summed E-state index contributed by atoms with van der Waals surface area (Å²) in [5.41, 5.74) is -3.97. The number of amidine groups is 1. The first-order valence-electron chi connectivity index (χ1n) is 3.45. The smallest absolute Gasteiger partial charge is 0.364 e. The Balaban J connectivity index is 3.02. The molecule has 2 nitrogen and oxygen atoms in total. The van der Waals surface area contributed by atoms with Crippen molar-refractivity contribution in [3.05, 3.63) is 0 Å². The lowest BCUT2D eigenvalue weighted by Gasteiger charge is -2.23. The Morgan fingerprint density at radius 3 is 1.43 bits per heavy atom. The van der Waals surface area contributed by atoms with Crippen LogP contribution in [0.25, 0.3) is 0 Å². The minimum absolute atomic E-state index is 0.709. The van der Waals surface area contributed by atoms with Crippen LogP contribution in [0.1, 0.15) is 0 Å². The maximum Gasteiger partial charge on any atom is 0.430 e. The number of likely N-dealkylation sites (N-methyl/N-ethyl adjacent to an activating group) is 1. The van der Waals surface area contributed by atoms with E-state index in [1.165, 1.54) is 0 Å². The number of halogens is 6. The fourth-order valence-corrected chi connectivity index (χ4v) is 1.10. The Kier molecular flexibility index (Phi) is 2.02. The monoisotopic (exact) mass is 220 g/mol. The van der Waals surface area contributed by atoms with Crippen molar-refractivity contribution >= 4 is 5.84 Å². The Labute approximate surface area is 75.2 Å².